The van der Waals surface area contributed by atoms with Crippen LogP contribution in [0.2, 0.25) is 0 Å². The minimum atomic E-state index is -4.41. The van der Waals surface area contributed by atoms with E-state index < -0.39 is 52.3 Å². The number of carbonyl (C=O) groups is 2. The van der Waals surface area contributed by atoms with E-state index in [-0.39, 0.29) is 8.14 Å². The smallest absolute Gasteiger partial charge is 0.330 e. The van der Waals surface area contributed by atoms with Gasteiger partial charge >= 0.3 is 11.6 Å². The van der Waals surface area contributed by atoms with Gasteiger partial charge in [-0.15, -0.1) is 0 Å². The fourth-order valence-corrected chi connectivity index (χ4v) is 3.13. The van der Waals surface area contributed by atoms with Crippen molar-refractivity contribution in [3.8, 4) is 0 Å². The summed E-state index contributed by atoms with van der Waals surface area (Å²) in [5, 5.41) is 20.7. The van der Waals surface area contributed by atoms with Crippen LogP contribution in [-0.2, 0) is 14.3 Å². The largest absolute Gasteiger partial charge is 0.379 e. The first-order valence-corrected chi connectivity index (χ1v) is 8.28. The van der Waals surface area contributed by atoms with Crippen molar-refractivity contribution >= 4 is 34.2 Å². The van der Waals surface area contributed by atoms with Gasteiger partial charge in [-0.3, -0.25) is 23.9 Å². The van der Waals surface area contributed by atoms with Crippen molar-refractivity contribution in [3.63, 3.8) is 0 Å². The van der Waals surface area contributed by atoms with Gasteiger partial charge in [0.25, 0.3) is 5.56 Å². The number of ketones is 2. The highest BCUT2D eigenvalue weighted by molar-refractivity contribution is 14.1. The van der Waals surface area contributed by atoms with E-state index in [1.807, 2.05) is 0 Å². The topological polar surface area (TPSA) is 139 Å². The Morgan fingerprint density at radius 2 is 1.92 bits per heavy atom. The molecule has 1 fully saturated rings. The van der Waals surface area contributed by atoms with E-state index in [1.165, 1.54) is 22.6 Å². The third-order valence-electron chi connectivity index (χ3n) is 4.40. The number of aliphatic hydroxyl groups is 2. The molecule has 1 aliphatic heterocycles. The molecule has 9 nitrogen and oxygen atoms in total. The summed E-state index contributed by atoms with van der Waals surface area (Å²) in [7, 11) is 0. The molecule has 1 aromatic heterocycles. The van der Waals surface area contributed by atoms with Crippen LogP contribution in [0.5, 0.6) is 0 Å². The van der Waals surface area contributed by atoms with Crippen molar-refractivity contribution in [2.45, 2.75) is 50.2 Å². The maximum atomic E-state index is 15.0. The van der Waals surface area contributed by atoms with E-state index >= 15 is 0 Å². The number of hydrogen-bond acceptors (Lipinski definition) is 7. The molecule has 1 unspecified atom stereocenters. The Balaban J connectivity index is 2.75. The quantitative estimate of drug-likeness (QED) is 0.479. The van der Waals surface area contributed by atoms with Crippen molar-refractivity contribution in [1.82, 2.24) is 9.55 Å². The fraction of sp³-hybridized carbons (Fsp3) is 0.571. The predicted molar refractivity (Wildman–Crippen MR) is 89.8 cm³/mol. The highest BCUT2D eigenvalue weighted by Crippen LogP contribution is 2.52. The van der Waals surface area contributed by atoms with Gasteiger partial charge in [-0.1, -0.05) is 0 Å². The molecular weight excluding hydrogens is 473 g/mol. The maximum Gasteiger partial charge on any atom is 0.330 e. The molecule has 0 saturated carbocycles. The normalized spacial score (nSPS) is 30.0. The highest BCUT2D eigenvalue weighted by Gasteiger charge is 2.76. The number of carbonyl (C=O) groups excluding carboxylic acids is 2. The summed E-state index contributed by atoms with van der Waals surface area (Å²) in [6, 6.07) is 0. The Hall–Kier alpha value is -1.51. The average Bonchev–Trinajstić information content (AvgIpc) is 2.72. The number of nitrogens with zero attached hydrogens (tertiary/aromatic N) is 1. The molecule has 4 atom stereocenters. The van der Waals surface area contributed by atoms with Crippen LogP contribution >= 0.6 is 22.6 Å². The highest BCUT2D eigenvalue weighted by atomic mass is 127. The summed E-state index contributed by atoms with van der Waals surface area (Å²) >= 11 is 1.48. The lowest BCUT2D eigenvalue weighted by molar-refractivity contribution is -0.199. The Morgan fingerprint density at radius 1 is 1.38 bits per heavy atom. The summed E-state index contributed by atoms with van der Waals surface area (Å²) in [6.07, 6.45) is -4.15. The van der Waals surface area contributed by atoms with Crippen LogP contribution in [-0.4, -0.2) is 54.6 Å². The zero-order valence-corrected chi connectivity index (χ0v) is 15.9. The van der Waals surface area contributed by atoms with Gasteiger partial charge in [0.15, 0.2) is 11.6 Å². The lowest BCUT2D eigenvalue weighted by Gasteiger charge is -2.36. The van der Waals surface area contributed by atoms with Gasteiger partial charge in [0.05, 0.1) is 3.57 Å². The Morgan fingerprint density at radius 3 is 2.38 bits per heavy atom. The first-order valence-electron chi connectivity index (χ1n) is 7.20. The summed E-state index contributed by atoms with van der Waals surface area (Å²) in [4.78, 5) is 48.7. The fourth-order valence-electron chi connectivity index (χ4n) is 2.69. The van der Waals surface area contributed by atoms with Gasteiger partial charge < -0.3 is 14.9 Å². The molecule has 144 valence electrons. The van der Waals surface area contributed by atoms with E-state index in [1.54, 1.807) is 4.98 Å². The molecular formula is C14H15F2IN2O7. The van der Waals surface area contributed by atoms with E-state index in [0.717, 1.165) is 20.0 Å². The number of H-pyrrole nitrogens is 1. The van der Waals surface area contributed by atoms with Crippen LogP contribution in [0.1, 0.15) is 27.0 Å². The van der Waals surface area contributed by atoms with Crippen LogP contribution in [0.25, 0.3) is 0 Å². The van der Waals surface area contributed by atoms with Crippen molar-refractivity contribution in [2.75, 3.05) is 0 Å². The van der Waals surface area contributed by atoms with Crippen LogP contribution in [0.3, 0.4) is 0 Å². The van der Waals surface area contributed by atoms with E-state index in [2.05, 4.69) is 0 Å². The second kappa shape index (κ2) is 6.28. The minimum Gasteiger partial charge on any atom is -0.379 e. The zero-order valence-electron chi connectivity index (χ0n) is 13.7. The first kappa shape index (κ1) is 20.8. The molecule has 1 aromatic rings. The van der Waals surface area contributed by atoms with Crippen LogP contribution in [0.15, 0.2) is 15.8 Å². The Bertz CT molecular complexity index is 894. The van der Waals surface area contributed by atoms with Crippen molar-refractivity contribution in [3.05, 3.63) is 30.6 Å². The number of halogens is 3. The number of aromatic amines is 1. The number of Topliss-reactive ketones (excluding diaryl/α,β-unsaturated/α-hetero) is 2. The Labute approximate surface area is 158 Å². The van der Waals surface area contributed by atoms with Crippen LogP contribution in [0, 0.1) is 3.57 Å². The lowest BCUT2D eigenvalue weighted by Crippen LogP contribution is -2.65. The molecule has 0 aliphatic carbocycles. The number of hydrogen-bond donors (Lipinski definition) is 3. The van der Waals surface area contributed by atoms with Crippen LogP contribution in [0.4, 0.5) is 8.78 Å². The number of nitrogens with one attached hydrogen (secondary N) is 1. The van der Waals surface area contributed by atoms with E-state index in [9.17, 15) is 38.2 Å². The minimum absolute atomic E-state index is 0.144. The van der Waals surface area contributed by atoms with Crippen molar-refractivity contribution in [2.24, 2.45) is 0 Å². The number of rotatable bonds is 4. The molecule has 0 radical (unpaired) electrons. The summed E-state index contributed by atoms with van der Waals surface area (Å²) in [5.74, 6) is -6.92. The van der Waals surface area contributed by atoms with E-state index in [0.29, 0.717) is 6.92 Å². The van der Waals surface area contributed by atoms with Gasteiger partial charge in [0.1, 0.15) is 11.7 Å². The molecule has 3 N–H and O–H groups in total. The molecule has 1 saturated heterocycles. The first-order chi connectivity index (χ1) is 11.7. The van der Waals surface area contributed by atoms with Gasteiger partial charge in [0, 0.05) is 6.20 Å². The predicted octanol–water partition coefficient (Wildman–Crippen LogP) is -0.666. The van der Waals surface area contributed by atoms with Gasteiger partial charge in [-0.25, -0.2) is 4.79 Å². The summed E-state index contributed by atoms with van der Waals surface area (Å²) < 4.78 is 35.1. The number of ether oxygens (including phenoxy) is 1. The average molecular weight is 488 g/mol. The second-order valence-electron chi connectivity index (χ2n) is 6.16. The molecule has 0 spiro atoms. The standard InChI is InChI=1S/C14H15F2IN2O7/c1-5(20)12(3,24)9-13(25,6(2)21)14(15,16)10(26-9)19-4-7(17)8(22)18-11(19)23/h4,9-10,24-25H,1-3H3,(H,18,22,23)/t9-,10-,12?,13-/m1/s1. The maximum absolute atomic E-state index is 15.0. The molecule has 2 rings (SSSR count). The summed E-state index contributed by atoms with van der Waals surface area (Å²) in [6.45, 7) is 2.32. The molecule has 26 heavy (non-hydrogen) atoms. The number of aromatic nitrogens is 2. The lowest BCUT2D eigenvalue weighted by atomic mass is 9.78. The Kier molecular flexibility index (Phi) is 5.02. The number of alkyl halides is 2. The van der Waals surface area contributed by atoms with Gasteiger partial charge in [-0.05, 0) is 43.4 Å². The van der Waals surface area contributed by atoms with Crippen LogP contribution < -0.4 is 11.2 Å². The molecule has 0 bridgehead atoms. The molecule has 2 heterocycles. The van der Waals surface area contributed by atoms with Gasteiger partial charge in [0.2, 0.25) is 11.8 Å². The second-order valence-corrected chi connectivity index (χ2v) is 7.32. The monoisotopic (exact) mass is 488 g/mol. The molecule has 0 aromatic carbocycles. The SMILES string of the molecule is CC(=O)C(C)(O)[C@H]1O[C@@H](n2cc(I)c(=O)[nH]c2=O)C(F)(F)[C@@]1(O)C(C)=O. The van der Waals surface area contributed by atoms with Crippen molar-refractivity contribution < 1.29 is 33.3 Å². The third kappa shape index (κ3) is 2.75. The van der Waals surface area contributed by atoms with Gasteiger partial charge in [-0.2, -0.15) is 8.78 Å². The van der Waals surface area contributed by atoms with E-state index in [4.69, 9.17) is 4.74 Å². The van der Waals surface area contributed by atoms with Crippen molar-refractivity contribution in [1.29, 1.82) is 0 Å². The zero-order chi connectivity index (χ0) is 20.2. The third-order valence-corrected chi connectivity index (χ3v) is 5.17. The molecule has 1 aliphatic rings. The molecule has 0 amide bonds. The molecule has 12 heteroatoms. The summed E-state index contributed by atoms with van der Waals surface area (Å²) in [5.41, 5.74) is -8.36.